The summed E-state index contributed by atoms with van der Waals surface area (Å²) in [7, 11) is 3.10. The molecule has 4 heteroatoms. The molecule has 4 nitrogen and oxygen atoms in total. The minimum atomic E-state index is -0.400. The number of rotatable bonds is 7. The SMILES string of the molecule is C=[N+](C=O)C(CCC)C(OC)OC. The Morgan fingerprint density at radius 1 is 1.46 bits per heavy atom. The zero-order chi connectivity index (χ0) is 10.3. The first kappa shape index (κ1) is 12.3. The van der Waals surface area contributed by atoms with Gasteiger partial charge in [-0.1, -0.05) is 6.92 Å². The van der Waals surface area contributed by atoms with Crippen molar-refractivity contribution < 1.29 is 18.8 Å². The fraction of sp³-hybridized carbons (Fsp3) is 0.778. The highest BCUT2D eigenvalue weighted by atomic mass is 16.7. The molecule has 0 rings (SSSR count). The zero-order valence-electron chi connectivity index (χ0n) is 8.53. The van der Waals surface area contributed by atoms with Gasteiger partial charge in [0.1, 0.15) is 6.72 Å². The molecule has 0 fully saturated rings. The summed E-state index contributed by atoms with van der Waals surface area (Å²) in [5.41, 5.74) is 0. The van der Waals surface area contributed by atoms with Gasteiger partial charge < -0.3 is 9.47 Å². The summed E-state index contributed by atoms with van der Waals surface area (Å²) in [6, 6.07) is -0.113. The number of hydrogen-bond donors (Lipinski definition) is 0. The van der Waals surface area contributed by atoms with Crippen molar-refractivity contribution in [2.24, 2.45) is 0 Å². The number of amides is 1. The number of carbonyl (C=O) groups is 1. The molecular weight excluding hydrogens is 170 g/mol. The molecule has 0 aliphatic carbocycles. The lowest BCUT2D eigenvalue weighted by molar-refractivity contribution is -0.497. The Bertz CT molecular complexity index is 166. The van der Waals surface area contributed by atoms with Crippen LogP contribution in [0, 0.1) is 0 Å². The standard InChI is InChI=1S/C9H18NO3/c1-5-6-8(10(2)7-11)9(12-3)13-4/h7-9H,2,5-6H2,1,3-4H3/q+1. The van der Waals surface area contributed by atoms with Gasteiger partial charge in [0.2, 0.25) is 12.3 Å². The first-order valence-corrected chi connectivity index (χ1v) is 4.30. The van der Waals surface area contributed by atoms with Gasteiger partial charge in [-0.25, -0.2) is 4.79 Å². The van der Waals surface area contributed by atoms with Gasteiger partial charge in [-0.15, -0.1) is 0 Å². The predicted molar refractivity (Wildman–Crippen MR) is 49.9 cm³/mol. The summed E-state index contributed by atoms with van der Waals surface area (Å²) in [5.74, 6) is 0. The van der Waals surface area contributed by atoms with Gasteiger partial charge in [0, 0.05) is 20.6 Å². The molecule has 0 aromatic carbocycles. The molecule has 1 atom stereocenters. The van der Waals surface area contributed by atoms with Gasteiger partial charge in [0.05, 0.1) is 0 Å². The van der Waals surface area contributed by atoms with E-state index in [1.807, 2.05) is 6.92 Å². The third-order valence-electron chi connectivity index (χ3n) is 1.92. The molecule has 0 spiro atoms. The van der Waals surface area contributed by atoms with Crippen molar-refractivity contribution in [1.29, 1.82) is 0 Å². The van der Waals surface area contributed by atoms with Crippen LogP contribution >= 0.6 is 0 Å². The average molecular weight is 188 g/mol. The first-order valence-electron chi connectivity index (χ1n) is 4.30. The van der Waals surface area contributed by atoms with Crippen molar-refractivity contribution in [3.8, 4) is 0 Å². The van der Waals surface area contributed by atoms with Gasteiger partial charge in [-0.3, -0.25) is 0 Å². The monoisotopic (exact) mass is 188 g/mol. The molecule has 1 unspecified atom stereocenters. The molecule has 0 aliphatic rings. The van der Waals surface area contributed by atoms with Gasteiger partial charge in [0.15, 0.2) is 0 Å². The minimum absolute atomic E-state index is 0.113. The van der Waals surface area contributed by atoms with Crippen molar-refractivity contribution in [2.45, 2.75) is 32.1 Å². The lowest BCUT2D eigenvalue weighted by Crippen LogP contribution is -2.38. The Hall–Kier alpha value is -0.740. The van der Waals surface area contributed by atoms with E-state index in [2.05, 4.69) is 6.72 Å². The maximum absolute atomic E-state index is 10.5. The van der Waals surface area contributed by atoms with Crippen LogP contribution in [0.5, 0.6) is 0 Å². The highest BCUT2D eigenvalue weighted by Gasteiger charge is 2.28. The second-order valence-corrected chi connectivity index (χ2v) is 2.82. The number of ether oxygens (including phenoxy) is 2. The van der Waals surface area contributed by atoms with Crippen molar-refractivity contribution >= 4 is 13.1 Å². The van der Waals surface area contributed by atoms with E-state index in [1.54, 1.807) is 14.2 Å². The third-order valence-corrected chi connectivity index (χ3v) is 1.92. The normalized spacial score (nSPS) is 12.9. The second-order valence-electron chi connectivity index (χ2n) is 2.82. The van der Waals surface area contributed by atoms with E-state index in [-0.39, 0.29) is 6.04 Å². The zero-order valence-corrected chi connectivity index (χ0v) is 8.53. The number of carbonyl (C=O) groups excluding carboxylic acids is 1. The van der Waals surface area contributed by atoms with E-state index >= 15 is 0 Å². The van der Waals surface area contributed by atoms with Crippen LogP contribution in [0.15, 0.2) is 0 Å². The molecule has 0 aliphatic heterocycles. The summed E-state index contributed by atoms with van der Waals surface area (Å²) in [6.45, 7) is 5.63. The van der Waals surface area contributed by atoms with E-state index < -0.39 is 6.29 Å². The lowest BCUT2D eigenvalue weighted by Gasteiger charge is -2.18. The molecule has 0 bridgehead atoms. The smallest absolute Gasteiger partial charge is 0.350 e. The van der Waals surface area contributed by atoms with Crippen LogP contribution < -0.4 is 0 Å². The maximum Gasteiger partial charge on any atom is 0.374 e. The molecule has 0 aromatic rings. The summed E-state index contributed by atoms with van der Waals surface area (Å²) in [4.78, 5) is 10.5. The Kier molecular flexibility index (Phi) is 6.36. The van der Waals surface area contributed by atoms with Crippen LogP contribution in [0.3, 0.4) is 0 Å². The van der Waals surface area contributed by atoms with Crippen LogP contribution in [0.4, 0.5) is 0 Å². The Balaban J connectivity index is 4.36. The Labute approximate surface area is 79.2 Å². The molecule has 0 heterocycles. The van der Waals surface area contributed by atoms with E-state index in [0.717, 1.165) is 12.8 Å². The second kappa shape index (κ2) is 6.74. The molecular formula is C9H18NO3+. The van der Waals surface area contributed by atoms with Gasteiger partial charge in [0.25, 0.3) is 0 Å². The van der Waals surface area contributed by atoms with Crippen LogP contribution in [0.25, 0.3) is 0 Å². The van der Waals surface area contributed by atoms with Crippen LogP contribution in [-0.4, -0.2) is 44.3 Å². The van der Waals surface area contributed by atoms with Gasteiger partial charge in [-0.05, 0) is 6.42 Å². The highest BCUT2D eigenvalue weighted by Crippen LogP contribution is 2.09. The molecule has 0 aromatic heterocycles. The van der Waals surface area contributed by atoms with E-state index in [9.17, 15) is 4.79 Å². The molecule has 1 amide bonds. The molecule has 0 N–H and O–H groups in total. The molecule has 13 heavy (non-hydrogen) atoms. The fourth-order valence-electron chi connectivity index (χ4n) is 1.24. The Morgan fingerprint density at radius 2 is 2.00 bits per heavy atom. The third kappa shape index (κ3) is 3.65. The molecule has 0 radical (unpaired) electrons. The van der Waals surface area contributed by atoms with E-state index in [0.29, 0.717) is 6.41 Å². The lowest BCUT2D eigenvalue weighted by atomic mass is 10.1. The first-order chi connectivity index (χ1) is 6.21. The topological polar surface area (TPSA) is 38.5 Å². The van der Waals surface area contributed by atoms with E-state index in [1.165, 1.54) is 4.58 Å². The van der Waals surface area contributed by atoms with Crippen LogP contribution in [0.1, 0.15) is 19.8 Å². The average Bonchev–Trinajstić information content (AvgIpc) is 2.17. The van der Waals surface area contributed by atoms with Crippen LogP contribution in [0.2, 0.25) is 0 Å². The van der Waals surface area contributed by atoms with Crippen molar-refractivity contribution in [2.75, 3.05) is 14.2 Å². The Morgan fingerprint density at radius 3 is 2.31 bits per heavy atom. The van der Waals surface area contributed by atoms with Gasteiger partial charge >= 0.3 is 6.41 Å². The summed E-state index contributed by atoms with van der Waals surface area (Å²) >= 11 is 0. The highest BCUT2D eigenvalue weighted by molar-refractivity contribution is 5.40. The van der Waals surface area contributed by atoms with Gasteiger partial charge in [-0.2, -0.15) is 4.58 Å². The van der Waals surface area contributed by atoms with Crippen LogP contribution in [-0.2, 0) is 14.3 Å². The number of hydrogen-bond acceptors (Lipinski definition) is 3. The maximum atomic E-state index is 10.5. The quantitative estimate of drug-likeness (QED) is 0.255. The fourth-order valence-corrected chi connectivity index (χ4v) is 1.24. The molecule has 0 saturated heterocycles. The molecule has 76 valence electrons. The number of nitrogens with zero attached hydrogens (tertiary/aromatic N) is 1. The summed E-state index contributed by atoms with van der Waals surface area (Å²) < 4.78 is 11.5. The minimum Gasteiger partial charge on any atom is -0.350 e. The summed E-state index contributed by atoms with van der Waals surface area (Å²) in [5, 5.41) is 0. The predicted octanol–water partition coefficient (Wildman–Crippen LogP) is 0.643. The largest absolute Gasteiger partial charge is 0.374 e. The molecule has 0 saturated carbocycles. The van der Waals surface area contributed by atoms with E-state index in [4.69, 9.17) is 9.47 Å². The van der Waals surface area contributed by atoms with Crippen molar-refractivity contribution in [3.63, 3.8) is 0 Å². The number of methoxy groups -OCH3 is 2. The summed E-state index contributed by atoms with van der Waals surface area (Å²) in [6.07, 6.45) is 2.05. The van der Waals surface area contributed by atoms with Crippen molar-refractivity contribution in [1.82, 2.24) is 0 Å². The van der Waals surface area contributed by atoms with Crippen molar-refractivity contribution in [3.05, 3.63) is 0 Å².